The number of hydrogen-bond acceptors (Lipinski definition) is 5. The first-order valence-electron chi connectivity index (χ1n) is 10.8. The normalized spacial score (nSPS) is 11.2. The maximum Gasteiger partial charge on any atom is 0.256 e. The third-order valence-electron chi connectivity index (χ3n) is 5.53. The molecule has 0 saturated carbocycles. The first-order chi connectivity index (χ1) is 16.1. The van der Waals surface area contributed by atoms with E-state index in [0.29, 0.717) is 34.8 Å². The highest BCUT2D eigenvalue weighted by molar-refractivity contribution is 6.12. The van der Waals surface area contributed by atoms with Crippen LogP contribution in [0.2, 0.25) is 0 Å². The third kappa shape index (κ3) is 4.25. The summed E-state index contributed by atoms with van der Waals surface area (Å²) in [6.45, 7) is 4.70. The van der Waals surface area contributed by atoms with Gasteiger partial charge in [0, 0.05) is 23.6 Å². The van der Waals surface area contributed by atoms with Crippen molar-refractivity contribution in [3.8, 4) is 11.3 Å². The minimum Gasteiger partial charge on any atom is -0.467 e. The molecule has 5 aromatic rings. The van der Waals surface area contributed by atoms with Crippen molar-refractivity contribution in [2.24, 2.45) is 0 Å². The van der Waals surface area contributed by atoms with E-state index in [-0.39, 0.29) is 5.91 Å². The lowest BCUT2D eigenvalue weighted by Gasteiger charge is -2.11. The molecule has 5 rings (SSSR count). The zero-order valence-corrected chi connectivity index (χ0v) is 18.4. The monoisotopic (exact) mass is 437 g/mol. The van der Waals surface area contributed by atoms with E-state index in [1.54, 1.807) is 35.6 Å². The van der Waals surface area contributed by atoms with Crippen LogP contribution in [0.1, 0.15) is 41.4 Å². The SMILES string of the molecule is CC(C)c1ccc(NC(=O)c2cc(-c3cccnc3)nc3c2cnn3Cc2ccco2)cc1. The molecule has 33 heavy (non-hydrogen) atoms. The van der Waals surface area contributed by atoms with E-state index in [4.69, 9.17) is 9.40 Å². The summed E-state index contributed by atoms with van der Waals surface area (Å²) in [6.07, 6.45) is 6.74. The van der Waals surface area contributed by atoms with Crippen LogP contribution in [0.5, 0.6) is 0 Å². The number of carbonyl (C=O) groups excluding carboxylic acids is 1. The summed E-state index contributed by atoms with van der Waals surface area (Å²) >= 11 is 0. The van der Waals surface area contributed by atoms with Gasteiger partial charge >= 0.3 is 0 Å². The molecule has 4 aromatic heterocycles. The van der Waals surface area contributed by atoms with Gasteiger partial charge in [-0.2, -0.15) is 5.10 Å². The summed E-state index contributed by atoms with van der Waals surface area (Å²) in [7, 11) is 0. The molecule has 0 aliphatic heterocycles. The molecule has 0 aliphatic carbocycles. The standard InChI is InChI=1S/C26H23N5O2/c1-17(2)18-7-9-20(10-8-18)29-26(32)22-13-24(19-5-3-11-27-14-19)30-25-23(22)15-28-31(25)16-21-6-4-12-33-21/h3-15,17H,16H2,1-2H3,(H,29,32). The minimum absolute atomic E-state index is 0.220. The Labute approximate surface area is 191 Å². The molecule has 0 spiro atoms. The number of pyridine rings is 2. The van der Waals surface area contributed by atoms with Gasteiger partial charge in [0.25, 0.3) is 5.91 Å². The van der Waals surface area contributed by atoms with Gasteiger partial charge in [0.15, 0.2) is 5.65 Å². The molecule has 0 bridgehead atoms. The average Bonchev–Trinajstić information content (AvgIpc) is 3.50. The van der Waals surface area contributed by atoms with E-state index in [0.717, 1.165) is 17.0 Å². The summed E-state index contributed by atoms with van der Waals surface area (Å²) in [5.74, 6) is 0.962. The topological polar surface area (TPSA) is 85.8 Å². The highest BCUT2D eigenvalue weighted by Crippen LogP contribution is 2.26. The molecule has 1 N–H and O–H groups in total. The van der Waals surface area contributed by atoms with Crippen LogP contribution < -0.4 is 5.32 Å². The minimum atomic E-state index is -0.220. The van der Waals surface area contributed by atoms with Crippen molar-refractivity contribution in [1.29, 1.82) is 0 Å². The van der Waals surface area contributed by atoms with Crippen LogP contribution in [-0.2, 0) is 6.54 Å². The van der Waals surface area contributed by atoms with E-state index < -0.39 is 0 Å². The fraction of sp³-hybridized carbons (Fsp3) is 0.154. The number of hydrogen-bond donors (Lipinski definition) is 1. The van der Waals surface area contributed by atoms with Gasteiger partial charge in [0.05, 0.1) is 29.1 Å². The second kappa shape index (κ2) is 8.70. The first-order valence-corrected chi connectivity index (χ1v) is 10.8. The predicted molar refractivity (Wildman–Crippen MR) is 127 cm³/mol. The summed E-state index contributed by atoms with van der Waals surface area (Å²) in [6, 6.07) is 17.2. The number of anilines is 1. The lowest BCUT2D eigenvalue weighted by Crippen LogP contribution is -2.13. The van der Waals surface area contributed by atoms with Crippen LogP contribution >= 0.6 is 0 Å². The van der Waals surface area contributed by atoms with E-state index in [9.17, 15) is 4.79 Å². The maximum atomic E-state index is 13.3. The number of carbonyl (C=O) groups is 1. The highest BCUT2D eigenvalue weighted by atomic mass is 16.3. The molecule has 0 saturated heterocycles. The van der Waals surface area contributed by atoms with Crippen LogP contribution in [0.4, 0.5) is 5.69 Å². The molecule has 1 amide bonds. The molecule has 164 valence electrons. The van der Waals surface area contributed by atoms with E-state index >= 15 is 0 Å². The quantitative estimate of drug-likeness (QED) is 0.378. The van der Waals surface area contributed by atoms with Crippen molar-refractivity contribution in [2.75, 3.05) is 5.32 Å². The molecule has 0 fully saturated rings. The van der Waals surface area contributed by atoms with Gasteiger partial charge in [-0.05, 0) is 53.9 Å². The summed E-state index contributed by atoms with van der Waals surface area (Å²) < 4.78 is 7.21. The summed E-state index contributed by atoms with van der Waals surface area (Å²) in [5, 5.41) is 8.17. The number of furan rings is 1. The van der Waals surface area contributed by atoms with Crippen LogP contribution in [0, 0.1) is 0 Å². The summed E-state index contributed by atoms with van der Waals surface area (Å²) in [4.78, 5) is 22.4. The maximum absolute atomic E-state index is 13.3. The Morgan fingerprint density at radius 1 is 1.09 bits per heavy atom. The van der Waals surface area contributed by atoms with Gasteiger partial charge in [0.1, 0.15) is 12.3 Å². The lowest BCUT2D eigenvalue weighted by molar-refractivity contribution is 0.102. The van der Waals surface area contributed by atoms with Crippen molar-refractivity contribution >= 4 is 22.6 Å². The molecule has 7 nitrogen and oxygen atoms in total. The van der Waals surface area contributed by atoms with Crippen molar-refractivity contribution < 1.29 is 9.21 Å². The van der Waals surface area contributed by atoms with Crippen molar-refractivity contribution in [3.05, 3.63) is 96.3 Å². The second-order valence-corrected chi connectivity index (χ2v) is 8.15. The van der Waals surface area contributed by atoms with Gasteiger partial charge in [-0.15, -0.1) is 0 Å². The van der Waals surface area contributed by atoms with E-state index in [1.807, 2.05) is 48.5 Å². The fourth-order valence-corrected chi connectivity index (χ4v) is 3.71. The van der Waals surface area contributed by atoms with Gasteiger partial charge < -0.3 is 9.73 Å². The van der Waals surface area contributed by atoms with Crippen molar-refractivity contribution in [2.45, 2.75) is 26.3 Å². The Bertz CT molecular complexity index is 1390. The van der Waals surface area contributed by atoms with Crippen LogP contribution in [-0.4, -0.2) is 25.7 Å². The predicted octanol–water partition coefficient (Wildman–Crippen LogP) is 5.51. The number of nitrogens with one attached hydrogen (secondary N) is 1. The Morgan fingerprint density at radius 2 is 1.94 bits per heavy atom. The Kier molecular flexibility index (Phi) is 5.44. The molecule has 0 radical (unpaired) electrons. The van der Waals surface area contributed by atoms with Crippen LogP contribution in [0.3, 0.4) is 0 Å². The van der Waals surface area contributed by atoms with Crippen LogP contribution in [0.15, 0.2) is 83.9 Å². The molecular formula is C26H23N5O2. The Hall–Kier alpha value is -4.26. The number of rotatable bonds is 6. The molecule has 4 heterocycles. The molecule has 0 atom stereocenters. The van der Waals surface area contributed by atoms with Gasteiger partial charge in [-0.3, -0.25) is 9.78 Å². The highest BCUT2D eigenvalue weighted by Gasteiger charge is 2.18. The zero-order chi connectivity index (χ0) is 22.8. The largest absolute Gasteiger partial charge is 0.467 e. The summed E-state index contributed by atoms with van der Waals surface area (Å²) in [5.41, 5.74) is 4.53. The number of amides is 1. The molecule has 0 aliphatic rings. The molecule has 0 unspecified atom stereocenters. The zero-order valence-electron chi connectivity index (χ0n) is 18.4. The van der Waals surface area contributed by atoms with Crippen molar-refractivity contribution in [3.63, 3.8) is 0 Å². The molecule has 7 heteroatoms. The molecular weight excluding hydrogens is 414 g/mol. The van der Waals surface area contributed by atoms with Gasteiger partial charge in [0.2, 0.25) is 0 Å². The van der Waals surface area contributed by atoms with Crippen LogP contribution in [0.25, 0.3) is 22.3 Å². The first kappa shape index (κ1) is 20.6. The number of benzene rings is 1. The van der Waals surface area contributed by atoms with E-state index in [1.165, 1.54) is 5.56 Å². The number of aromatic nitrogens is 4. The average molecular weight is 438 g/mol. The fourth-order valence-electron chi connectivity index (χ4n) is 3.71. The molecule has 1 aromatic carbocycles. The number of nitrogens with zero attached hydrogens (tertiary/aromatic N) is 4. The second-order valence-electron chi connectivity index (χ2n) is 8.15. The smallest absolute Gasteiger partial charge is 0.256 e. The third-order valence-corrected chi connectivity index (χ3v) is 5.53. The Morgan fingerprint density at radius 3 is 2.64 bits per heavy atom. The lowest BCUT2D eigenvalue weighted by atomic mass is 10.0. The van der Waals surface area contributed by atoms with E-state index in [2.05, 4.69) is 29.2 Å². The van der Waals surface area contributed by atoms with Gasteiger partial charge in [-0.1, -0.05) is 26.0 Å². The number of fused-ring (bicyclic) bond motifs is 1. The Balaban J connectivity index is 1.56. The van der Waals surface area contributed by atoms with Crippen molar-refractivity contribution in [1.82, 2.24) is 19.7 Å². The van der Waals surface area contributed by atoms with Gasteiger partial charge in [-0.25, -0.2) is 9.67 Å².